The number of anilines is 2. The Bertz CT molecular complexity index is 1740. The van der Waals surface area contributed by atoms with Crippen LogP contribution in [0.1, 0.15) is 56.5 Å². The number of benzene rings is 1. The average molecular weight is 600 g/mol. The molecule has 3 aromatic heterocycles. The number of furan rings is 1. The molecule has 0 saturated heterocycles. The van der Waals surface area contributed by atoms with Crippen LogP contribution in [0.5, 0.6) is 5.75 Å². The Morgan fingerprint density at radius 3 is 2.59 bits per heavy atom. The van der Waals surface area contributed by atoms with Crippen molar-refractivity contribution >= 4 is 34.2 Å². The van der Waals surface area contributed by atoms with Gasteiger partial charge in [-0.25, -0.2) is 0 Å². The quantitative estimate of drug-likeness (QED) is 0.188. The summed E-state index contributed by atoms with van der Waals surface area (Å²) in [5, 5.41) is 4.23. The standard InChI is InChI=1S/C34H41N5O5/c1-7-39-28-10-9-24(20-29(28)37(6)32(41)34(4,5)33(39)42)43-18-8-14-36-27(26-21-35-15-11-22(26)2)12-16-38-17-13-30-25(31(38)40)19-23(3)44-30/h9-11,13,15,17,19-21,27,36H,7-8,12,14,16,18H2,1-6H3. The number of hydrogen-bond acceptors (Lipinski definition) is 7. The van der Waals surface area contributed by atoms with E-state index in [1.165, 1.54) is 0 Å². The van der Waals surface area contributed by atoms with Crippen molar-refractivity contribution in [3.63, 3.8) is 0 Å². The molecule has 0 radical (unpaired) electrons. The fraction of sp³-hybridized carbons (Fsp3) is 0.412. The van der Waals surface area contributed by atoms with E-state index in [0.29, 0.717) is 60.8 Å². The van der Waals surface area contributed by atoms with Crippen LogP contribution in [0.15, 0.2) is 64.2 Å². The highest BCUT2D eigenvalue weighted by Gasteiger charge is 2.45. The molecule has 1 unspecified atom stereocenters. The molecule has 0 saturated carbocycles. The molecule has 1 atom stereocenters. The molecular weight excluding hydrogens is 558 g/mol. The molecule has 1 aliphatic heterocycles. The summed E-state index contributed by atoms with van der Waals surface area (Å²) in [4.78, 5) is 46.9. The number of fused-ring (bicyclic) bond motifs is 2. The molecule has 4 heterocycles. The van der Waals surface area contributed by atoms with Crippen LogP contribution in [0, 0.1) is 19.3 Å². The predicted molar refractivity (Wildman–Crippen MR) is 171 cm³/mol. The lowest BCUT2D eigenvalue weighted by Gasteiger charge is -2.27. The topological polar surface area (TPSA) is 110 Å². The van der Waals surface area contributed by atoms with E-state index in [9.17, 15) is 14.4 Å². The highest BCUT2D eigenvalue weighted by Crippen LogP contribution is 2.40. The van der Waals surface area contributed by atoms with E-state index >= 15 is 0 Å². The highest BCUT2D eigenvalue weighted by atomic mass is 16.5. The maximum Gasteiger partial charge on any atom is 0.261 e. The van der Waals surface area contributed by atoms with Crippen LogP contribution in [0.2, 0.25) is 0 Å². The summed E-state index contributed by atoms with van der Waals surface area (Å²) < 4.78 is 13.4. The van der Waals surface area contributed by atoms with Crippen LogP contribution in [-0.4, -0.2) is 48.1 Å². The Kier molecular flexibility index (Phi) is 8.92. The number of nitrogens with zero attached hydrogens (tertiary/aromatic N) is 4. The van der Waals surface area contributed by atoms with Crippen LogP contribution < -0.4 is 25.4 Å². The highest BCUT2D eigenvalue weighted by molar-refractivity contribution is 6.20. The van der Waals surface area contributed by atoms with Gasteiger partial charge in [-0.3, -0.25) is 19.4 Å². The molecule has 232 valence electrons. The first-order valence-corrected chi connectivity index (χ1v) is 15.1. The first-order chi connectivity index (χ1) is 21.0. The zero-order valence-corrected chi connectivity index (χ0v) is 26.3. The molecule has 0 fully saturated rings. The number of amides is 2. The lowest BCUT2D eigenvalue weighted by atomic mass is 9.90. The van der Waals surface area contributed by atoms with Crippen LogP contribution in [0.3, 0.4) is 0 Å². The predicted octanol–water partition coefficient (Wildman–Crippen LogP) is 5.15. The molecule has 4 aromatic rings. The second-order valence-corrected chi connectivity index (χ2v) is 11.9. The summed E-state index contributed by atoms with van der Waals surface area (Å²) in [6, 6.07) is 11.1. The molecule has 1 aliphatic rings. The average Bonchev–Trinajstić information content (AvgIpc) is 3.39. The number of nitrogens with one attached hydrogen (secondary N) is 1. The maximum absolute atomic E-state index is 13.1. The van der Waals surface area contributed by atoms with Crippen molar-refractivity contribution in [1.29, 1.82) is 0 Å². The van der Waals surface area contributed by atoms with Gasteiger partial charge in [0.15, 0.2) is 0 Å². The zero-order valence-electron chi connectivity index (χ0n) is 26.3. The number of ether oxygens (including phenoxy) is 1. The van der Waals surface area contributed by atoms with Gasteiger partial charge in [0, 0.05) is 50.8 Å². The SMILES string of the molecule is CCN1C(=O)C(C)(C)C(=O)N(C)c2cc(OCCCNC(CCn3ccc4oc(C)cc4c3=O)c3cnccc3C)ccc21. The number of carbonyl (C=O) groups is 2. The van der Waals surface area contributed by atoms with E-state index < -0.39 is 5.41 Å². The van der Waals surface area contributed by atoms with Gasteiger partial charge in [-0.05, 0) is 95.5 Å². The molecule has 0 aliphatic carbocycles. The van der Waals surface area contributed by atoms with Crippen LogP contribution >= 0.6 is 0 Å². The van der Waals surface area contributed by atoms with E-state index in [2.05, 4.69) is 17.2 Å². The van der Waals surface area contributed by atoms with Crippen LogP contribution in [0.25, 0.3) is 11.0 Å². The second kappa shape index (κ2) is 12.7. The van der Waals surface area contributed by atoms with E-state index in [-0.39, 0.29) is 23.4 Å². The fourth-order valence-electron chi connectivity index (χ4n) is 5.87. The minimum atomic E-state index is -1.15. The Morgan fingerprint density at radius 2 is 1.84 bits per heavy atom. The minimum Gasteiger partial charge on any atom is -0.493 e. The van der Waals surface area contributed by atoms with Gasteiger partial charge in [-0.15, -0.1) is 0 Å². The van der Waals surface area contributed by atoms with Crippen molar-refractivity contribution in [2.75, 3.05) is 36.5 Å². The molecule has 44 heavy (non-hydrogen) atoms. The molecule has 1 N–H and O–H groups in total. The normalized spacial score (nSPS) is 15.4. The molecule has 1 aromatic carbocycles. The van der Waals surface area contributed by atoms with Gasteiger partial charge in [0.05, 0.1) is 23.4 Å². The number of aromatic nitrogens is 2. The fourth-order valence-corrected chi connectivity index (χ4v) is 5.87. The van der Waals surface area contributed by atoms with Crippen molar-refractivity contribution in [2.45, 2.75) is 60.0 Å². The first kappa shape index (κ1) is 31.0. The molecule has 0 spiro atoms. The minimum absolute atomic E-state index is 0.00884. The molecule has 5 rings (SSSR count). The molecule has 0 bridgehead atoms. The van der Waals surface area contributed by atoms with Gasteiger partial charge in [-0.1, -0.05) is 0 Å². The third kappa shape index (κ3) is 5.99. The first-order valence-electron chi connectivity index (χ1n) is 15.1. The largest absolute Gasteiger partial charge is 0.493 e. The summed E-state index contributed by atoms with van der Waals surface area (Å²) >= 11 is 0. The third-order valence-electron chi connectivity index (χ3n) is 8.41. The van der Waals surface area contributed by atoms with Crippen molar-refractivity contribution in [3.05, 3.63) is 82.2 Å². The van der Waals surface area contributed by atoms with Gasteiger partial charge in [0.25, 0.3) is 5.56 Å². The Labute approximate surface area is 257 Å². The van der Waals surface area contributed by atoms with Crippen molar-refractivity contribution in [2.24, 2.45) is 5.41 Å². The number of pyridine rings is 2. The van der Waals surface area contributed by atoms with Gasteiger partial charge in [0.1, 0.15) is 22.5 Å². The van der Waals surface area contributed by atoms with Gasteiger partial charge in [0.2, 0.25) is 11.8 Å². The summed E-state index contributed by atoms with van der Waals surface area (Å²) in [5.41, 5.74) is 2.97. The van der Waals surface area contributed by atoms with Gasteiger partial charge in [-0.2, -0.15) is 0 Å². The smallest absolute Gasteiger partial charge is 0.261 e. The van der Waals surface area contributed by atoms with Crippen molar-refractivity contribution in [3.8, 4) is 5.75 Å². The molecule has 2 amide bonds. The van der Waals surface area contributed by atoms with E-state index in [4.69, 9.17) is 9.15 Å². The summed E-state index contributed by atoms with van der Waals surface area (Å²) in [5.74, 6) is 0.891. The number of carbonyl (C=O) groups excluding carboxylic acids is 2. The lowest BCUT2D eigenvalue weighted by molar-refractivity contribution is -0.137. The van der Waals surface area contributed by atoms with Crippen molar-refractivity contribution in [1.82, 2.24) is 14.9 Å². The second-order valence-electron chi connectivity index (χ2n) is 11.9. The number of rotatable bonds is 11. The molecular formula is C34H41N5O5. The lowest BCUT2D eigenvalue weighted by Crippen LogP contribution is -2.47. The number of hydrogen-bond donors (Lipinski definition) is 1. The van der Waals surface area contributed by atoms with Crippen LogP contribution in [0.4, 0.5) is 11.4 Å². The van der Waals surface area contributed by atoms with Gasteiger partial charge < -0.3 is 28.8 Å². The molecule has 10 nitrogen and oxygen atoms in total. The summed E-state index contributed by atoms with van der Waals surface area (Å²) in [6.45, 7) is 11.3. The van der Waals surface area contributed by atoms with Crippen LogP contribution in [-0.2, 0) is 16.1 Å². The van der Waals surface area contributed by atoms with E-state index in [1.807, 2.05) is 50.4 Å². The summed E-state index contributed by atoms with van der Waals surface area (Å²) in [7, 11) is 1.70. The third-order valence-corrected chi connectivity index (χ3v) is 8.41. The number of aryl methyl sites for hydroxylation is 3. The zero-order chi connectivity index (χ0) is 31.6. The van der Waals surface area contributed by atoms with E-state index in [1.54, 1.807) is 53.7 Å². The molecule has 10 heteroatoms. The Morgan fingerprint density at radius 1 is 1.05 bits per heavy atom. The maximum atomic E-state index is 13.1. The van der Waals surface area contributed by atoms with Crippen molar-refractivity contribution < 1.29 is 18.7 Å². The Hall–Kier alpha value is -4.44. The van der Waals surface area contributed by atoms with E-state index in [0.717, 1.165) is 23.3 Å². The monoisotopic (exact) mass is 599 g/mol. The van der Waals surface area contributed by atoms with Gasteiger partial charge >= 0.3 is 0 Å². The summed E-state index contributed by atoms with van der Waals surface area (Å²) in [6.07, 6.45) is 6.88. The Balaban J connectivity index is 1.23.